The maximum atomic E-state index is 13.3. The van der Waals surface area contributed by atoms with E-state index in [0.29, 0.717) is 6.54 Å². The first-order valence-corrected chi connectivity index (χ1v) is 10.1. The SMILES string of the molecule is CCNC(=NCC(c1ccc(F)cc1)N(C)C)N1CCN(c2ncccn2)CC1. The minimum atomic E-state index is -0.219. The van der Waals surface area contributed by atoms with Gasteiger partial charge < -0.3 is 20.0 Å². The average Bonchev–Trinajstić information content (AvgIpc) is 2.75. The molecular weight excluding hydrogens is 369 g/mol. The first kappa shape index (κ1) is 21.0. The van der Waals surface area contributed by atoms with E-state index in [0.717, 1.165) is 50.2 Å². The summed E-state index contributed by atoms with van der Waals surface area (Å²) in [5.41, 5.74) is 1.06. The lowest BCUT2D eigenvalue weighted by molar-refractivity contribution is 0.303. The van der Waals surface area contributed by atoms with E-state index in [1.54, 1.807) is 12.4 Å². The minimum Gasteiger partial charge on any atom is -0.357 e. The van der Waals surface area contributed by atoms with E-state index in [4.69, 9.17) is 4.99 Å². The van der Waals surface area contributed by atoms with Crippen molar-refractivity contribution in [3.8, 4) is 0 Å². The first-order valence-electron chi connectivity index (χ1n) is 10.1. The Morgan fingerprint density at radius 1 is 1.14 bits per heavy atom. The number of likely N-dealkylation sites (N-methyl/N-ethyl adjacent to an activating group) is 1. The molecule has 1 aromatic heterocycles. The molecule has 2 heterocycles. The van der Waals surface area contributed by atoms with E-state index in [1.807, 2.05) is 32.3 Å². The average molecular weight is 400 g/mol. The molecule has 29 heavy (non-hydrogen) atoms. The lowest BCUT2D eigenvalue weighted by Gasteiger charge is -2.36. The van der Waals surface area contributed by atoms with E-state index in [2.05, 4.69) is 36.9 Å². The molecule has 1 aliphatic rings. The topological polar surface area (TPSA) is 59.9 Å². The van der Waals surface area contributed by atoms with Crippen LogP contribution in [0.15, 0.2) is 47.7 Å². The number of piperazine rings is 1. The fourth-order valence-electron chi connectivity index (χ4n) is 3.42. The third-order valence-electron chi connectivity index (χ3n) is 5.04. The summed E-state index contributed by atoms with van der Waals surface area (Å²) in [6.07, 6.45) is 3.55. The Kier molecular flexibility index (Phi) is 7.35. The fraction of sp³-hybridized carbons (Fsp3) is 0.476. The van der Waals surface area contributed by atoms with Crippen LogP contribution in [0.25, 0.3) is 0 Å². The minimum absolute atomic E-state index is 0.0864. The summed E-state index contributed by atoms with van der Waals surface area (Å²) in [7, 11) is 4.05. The number of nitrogens with one attached hydrogen (secondary N) is 1. The molecule has 1 aromatic carbocycles. The van der Waals surface area contributed by atoms with E-state index >= 15 is 0 Å². The van der Waals surface area contributed by atoms with Crippen LogP contribution >= 0.6 is 0 Å². The van der Waals surface area contributed by atoms with Gasteiger partial charge in [-0.05, 0) is 44.8 Å². The zero-order valence-electron chi connectivity index (χ0n) is 17.4. The van der Waals surface area contributed by atoms with Crippen molar-refractivity contribution in [1.29, 1.82) is 0 Å². The van der Waals surface area contributed by atoms with Crippen molar-refractivity contribution in [3.05, 3.63) is 54.1 Å². The number of hydrogen-bond acceptors (Lipinski definition) is 5. The molecule has 0 spiro atoms. The molecule has 1 saturated heterocycles. The molecule has 1 unspecified atom stereocenters. The number of aromatic nitrogens is 2. The van der Waals surface area contributed by atoms with E-state index < -0.39 is 0 Å². The molecule has 156 valence electrons. The highest BCUT2D eigenvalue weighted by Crippen LogP contribution is 2.19. The second-order valence-electron chi connectivity index (χ2n) is 7.25. The molecule has 0 saturated carbocycles. The summed E-state index contributed by atoms with van der Waals surface area (Å²) in [6.45, 7) is 6.90. The van der Waals surface area contributed by atoms with Gasteiger partial charge in [-0.15, -0.1) is 0 Å². The molecule has 0 amide bonds. The zero-order valence-corrected chi connectivity index (χ0v) is 17.4. The van der Waals surface area contributed by atoms with Crippen molar-refractivity contribution in [2.45, 2.75) is 13.0 Å². The molecule has 8 heteroatoms. The molecule has 3 rings (SSSR count). The Hall–Kier alpha value is -2.74. The smallest absolute Gasteiger partial charge is 0.225 e. The van der Waals surface area contributed by atoms with Crippen LogP contribution in [-0.2, 0) is 0 Å². The molecule has 1 N–H and O–H groups in total. The summed E-state index contributed by atoms with van der Waals surface area (Å²) in [6, 6.07) is 8.60. The standard InChI is InChI=1S/C21H30FN7/c1-4-23-20(26-16-19(27(2)3)17-6-8-18(22)9-7-17)28-12-14-29(15-13-28)21-24-10-5-11-25-21/h5-11,19H,4,12-16H2,1-3H3,(H,23,26). The van der Waals surface area contributed by atoms with Crippen LogP contribution in [0.2, 0.25) is 0 Å². The Bertz CT molecular complexity index is 771. The second-order valence-corrected chi connectivity index (χ2v) is 7.25. The van der Waals surface area contributed by atoms with Gasteiger partial charge in [0, 0.05) is 45.1 Å². The maximum absolute atomic E-state index is 13.3. The molecule has 0 radical (unpaired) electrons. The Morgan fingerprint density at radius 2 is 1.79 bits per heavy atom. The highest BCUT2D eigenvalue weighted by Gasteiger charge is 2.22. The Labute approximate surface area is 172 Å². The van der Waals surface area contributed by atoms with Crippen molar-refractivity contribution in [3.63, 3.8) is 0 Å². The van der Waals surface area contributed by atoms with Gasteiger partial charge >= 0.3 is 0 Å². The second kappa shape index (κ2) is 10.2. The molecule has 7 nitrogen and oxygen atoms in total. The predicted molar refractivity (Wildman–Crippen MR) is 115 cm³/mol. The third kappa shape index (κ3) is 5.63. The molecule has 1 fully saturated rings. The van der Waals surface area contributed by atoms with Gasteiger partial charge in [0.15, 0.2) is 5.96 Å². The van der Waals surface area contributed by atoms with Gasteiger partial charge in [0.05, 0.1) is 12.6 Å². The molecule has 1 atom stereocenters. The van der Waals surface area contributed by atoms with Gasteiger partial charge in [-0.2, -0.15) is 0 Å². The van der Waals surface area contributed by atoms with Crippen LogP contribution in [0.5, 0.6) is 0 Å². The number of halogens is 1. The van der Waals surface area contributed by atoms with Crippen molar-refractivity contribution in [1.82, 2.24) is 25.1 Å². The molecule has 2 aromatic rings. The van der Waals surface area contributed by atoms with Gasteiger partial charge in [-0.1, -0.05) is 12.1 Å². The number of nitrogens with zero attached hydrogens (tertiary/aromatic N) is 6. The highest BCUT2D eigenvalue weighted by atomic mass is 19.1. The number of rotatable bonds is 6. The summed E-state index contributed by atoms with van der Waals surface area (Å²) >= 11 is 0. The number of benzene rings is 1. The van der Waals surface area contributed by atoms with Gasteiger partial charge in [0.1, 0.15) is 5.82 Å². The predicted octanol–water partition coefficient (Wildman–Crippen LogP) is 2.01. The third-order valence-corrected chi connectivity index (χ3v) is 5.04. The molecule has 0 aliphatic carbocycles. The van der Waals surface area contributed by atoms with Crippen LogP contribution in [0.1, 0.15) is 18.5 Å². The maximum Gasteiger partial charge on any atom is 0.225 e. The summed E-state index contributed by atoms with van der Waals surface area (Å²) < 4.78 is 13.3. The lowest BCUT2D eigenvalue weighted by atomic mass is 10.1. The van der Waals surface area contributed by atoms with Gasteiger partial charge in [0.2, 0.25) is 5.95 Å². The van der Waals surface area contributed by atoms with E-state index in [1.165, 1.54) is 12.1 Å². The molecule has 0 bridgehead atoms. The van der Waals surface area contributed by atoms with Gasteiger partial charge in [-0.25, -0.2) is 14.4 Å². The summed E-state index contributed by atoms with van der Waals surface area (Å²) in [4.78, 5) is 20.2. The van der Waals surface area contributed by atoms with Gasteiger partial charge in [-0.3, -0.25) is 4.99 Å². The first-order chi connectivity index (χ1) is 14.1. The summed E-state index contributed by atoms with van der Waals surface area (Å²) in [5, 5.41) is 3.41. The van der Waals surface area contributed by atoms with Crippen LogP contribution in [0, 0.1) is 5.82 Å². The van der Waals surface area contributed by atoms with Crippen LogP contribution in [-0.4, -0.2) is 79.1 Å². The van der Waals surface area contributed by atoms with Gasteiger partial charge in [0.25, 0.3) is 0 Å². The lowest BCUT2D eigenvalue weighted by Crippen LogP contribution is -2.53. The number of guanidine groups is 1. The van der Waals surface area contributed by atoms with Crippen LogP contribution in [0.4, 0.5) is 10.3 Å². The van der Waals surface area contributed by atoms with Crippen molar-refractivity contribution in [2.75, 3.05) is 58.3 Å². The molecular formula is C21H30FN7. The Balaban J connectivity index is 1.66. The number of anilines is 1. The van der Waals surface area contributed by atoms with Crippen molar-refractivity contribution < 1.29 is 4.39 Å². The van der Waals surface area contributed by atoms with Crippen LogP contribution in [0.3, 0.4) is 0 Å². The summed E-state index contributed by atoms with van der Waals surface area (Å²) in [5.74, 6) is 1.47. The zero-order chi connectivity index (χ0) is 20.6. The van der Waals surface area contributed by atoms with E-state index in [9.17, 15) is 4.39 Å². The largest absolute Gasteiger partial charge is 0.357 e. The molecule has 1 aliphatic heterocycles. The Morgan fingerprint density at radius 3 is 2.38 bits per heavy atom. The van der Waals surface area contributed by atoms with Crippen molar-refractivity contribution >= 4 is 11.9 Å². The number of aliphatic imine (C=N–C) groups is 1. The van der Waals surface area contributed by atoms with Crippen molar-refractivity contribution in [2.24, 2.45) is 4.99 Å². The highest BCUT2D eigenvalue weighted by molar-refractivity contribution is 5.80. The monoisotopic (exact) mass is 399 g/mol. The normalized spacial score (nSPS) is 16.2. The fourth-order valence-corrected chi connectivity index (χ4v) is 3.42. The number of hydrogen-bond donors (Lipinski definition) is 1. The van der Waals surface area contributed by atoms with Crippen LogP contribution < -0.4 is 10.2 Å². The quantitative estimate of drug-likeness (QED) is 0.592. The van der Waals surface area contributed by atoms with E-state index in [-0.39, 0.29) is 11.9 Å².